The normalized spacial score (nSPS) is 13.4. The van der Waals surface area contributed by atoms with Crippen LogP contribution in [0.2, 0.25) is 0 Å². The average molecular weight is 383 g/mol. The summed E-state index contributed by atoms with van der Waals surface area (Å²) in [6.07, 6.45) is 1.88. The molecule has 2 atom stereocenters. The molecule has 8 nitrogen and oxygen atoms in total. The van der Waals surface area contributed by atoms with Crippen LogP contribution < -0.4 is 5.73 Å². The molecule has 8 heteroatoms. The Hall–Kier alpha value is -3.20. The minimum Gasteiger partial charge on any atom is -0.480 e. The Morgan fingerprint density at radius 3 is 2.46 bits per heavy atom. The molecule has 0 aliphatic heterocycles. The van der Waals surface area contributed by atoms with Crippen molar-refractivity contribution in [2.45, 2.75) is 24.9 Å². The van der Waals surface area contributed by atoms with Crippen molar-refractivity contribution < 1.29 is 24.7 Å². The molecule has 3 rings (SSSR count). The maximum atomic E-state index is 12.2. The predicted molar refractivity (Wildman–Crippen MR) is 101 cm³/mol. The maximum Gasteiger partial charge on any atom is 0.344 e. The van der Waals surface area contributed by atoms with Gasteiger partial charge in [0.05, 0.1) is 0 Å². The van der Waals surface area contributed by atoms with Crippen molar-refractivity contribution in [2.24, 2.45) is 5.73 Å². The number of aromatic amines is 1. The van der Waals surface area contributed by atoms with Crippen LogP contribution in [-0.4, -0.2) is 44.5 Å². The number of nitrogens with one attached hydrogen (secondary N) is 1. The average Bonchev–Trinajstić information content (AvgIpc) is 3.09. The van der Waals surface area contributed by atoms with Gasteiger partial charge in [0.25, 0.3) is 0 Å². The van der Waals surface area contributed by atoms with Gasteiger partial charge < -0.3 is 20.7 Å². The minimum atomic E-state index is -1.45. The van der Waals surface area contributed by atoms with Crippen molar-refractivity contribution in [3.05, 3.63) is 71.9 Å². The Morgan fingerprint density at radius 1 is 1.07 bits per heavy atom. The molecule has 0 spiro atoms. The molecule has 5 N–H and O–H groups in total. The number of carboxylic acids is 1. The molecule has 146 valence electrons. The van der Waals surface area contributed by atoms with E-state index in [4.69, 9.17) is 10.6 Å². The number of para-hydroxylation sites is 1. The van der Waals surface area contributed by atoms with Gasteiger partial charge in [0, 0.05) is 29.9 Å². The van der Waals surface area contributed by atoms with Gasteiger partial charge in [-0.25, -0.2) is 4.79 Å². The Kier molecular flexibility index (Phi) is 6.05. The number of fused-ring (bicyclic) bond motifs is 1. The number of aliphatic carboxylic acids is 1. The number of carboxylic acid groups (broad SMARTS) is 1. The van der Waals surface area contributed by atoms with Crippen LogP contribution in [0.25, 0.3) is 10.9 Å². The SMILES string of the molecule is N[C@@H](Cc1c[nH]c2ccccc12)C(=O)ON(O)[C@@H](Cc1ccccc1)C(=O)O. The van der Waals surface area contributed by atoms with Crippen LogP contribution >= 0.6 is 0 Å². The number of hydrogen-bond acceptors (Lipinski definition) is 6. The number of aromatic nitrogens is 1. The van der Waals surface area contributed by atoms with Crippen LogP contribution in [0.1, 0.15) is 11.1 Å². The molecular weight excluding hydrogens is 362 g/mol. The van der Waals surface area contributed by atoms with Gasteiger partial charge in [0.2, 0.25) is 0 Å². The molecule has 0 amide bonds. The molecule has 0 bridgehead atoms. The van der Waals surface area contributed by atoms with Crippen LogP contribution in [0.15, 0.2) is 60.8 Å². The van der Waals surface area contributed by atoms with Gasteiger partial charge in [0.1, 0.15) is 6.04 Å². The van der Waals surface area contributed by atoms with E-state index >= 15 is 0 Å². The van der Waals surface area contributed by atoms with E-state index in [-0.39, 0.29) is 18.1 Å². The van der Waals surface area contributed by atoms with Gasteiger partial charge in [-0.15, -0.1) is 0 Å². The summed E-state index contributed by atoms with van der Waals surface area (Å²) in [7, 11) is 0. The zero-order valence-electron chi connectivity index (χ0n) is 15.0. The summed E-state index contributed by atoms with van der Waals surface area (Å²) in [4.78, 5) is 31.6. The first-order valence-corrected chi connectivity index (χ1v) is 8.73. The first-order valence-electron chi connectivity index (χ1n) is 8.73. The van der Waals surface area contributed by atoms with E-state index in [2.05, 4.69) is 4.98 Å². The topological polar surface area (TPSA) is 129 Å². The van der Waals surface area contributed by atoms with Crippen molar-refractivity contribution in [2.75, 3.05) is 0 Å². The van der Waals surface area contributed by atoms with Gasteiger partial charge in [-0.1, -0.05) is 48.5 Å². The lowest BCUT2D eigenvalue weighted by Gasteiger charge is -2.22. The number of nitrogens with two attached hydrogens (primary N) is 1. The number of rotatable bonds is 8. The summed E-state index contributed by atoms with van der Waals surface area (Å²) in [6.45, 7) is 0. The third-order valence-corrected chi connectivity index (χ3v) is 4.42. The van der Waals surface area contributed by atoms with Crippen LogP contribution in [-0.2, 0) is 27.3 Å². The van der Waals surface area contributed by atoms with Gasteiger partial charge in [0.15, 0.2) is 6.04 Å². The number of nitrogens with zero attached hydrogens (tertiary/aromatic N) is 1. The monoisotopic (exact) mass is 383 g/mol. The van der Waals surface area contributed by atoms with E-state index < -0.39 is 24.0 Å². The van der Waals surface area contributed by atoms with Crippen molar-refractivity contribution >= 4 is 22.8 Å². The molecular formula is C20H21N3O5. The minimum absolute atomic E-state index is 0.0440. The number of benzene rings is 2. The number of carbonyl (C=O) groups excluding carboxylic acids is 1. The summed E-state index contributed by atoms with van der Waals surface area (Å²) >= 11 is 0. The lowest BCUT2D eigenvalue weighted by atomic mass is 10.1. The molecule has 1 heterocycles. The summed E-state index contributed by atoms with van der Waals surface area (Å²) in [5.74, 6) is -2.25. The second kappa shape index (κ2) is 8.66. The van der Waals surface area contributed by atoms with Gasteiger partial charge >= 0.3 is 11.9 Å². The lowest BCUT2D eigenvalue weighted by Crippen LogP contribution is -2.45. The van der Waals surface area contributed by atoms with Crippen molar-refractivity contribution in [1.29, 1.82) is 0 Å². The summed E-state index contributed by atoms with van der Waals surface area (Å²) in [6, 6.07) is 13.8. The predicted octanol–water partition coefficient (Wildman–Crippen LogP) is 1.88. The molecule has 3 aromatic rings. The first-order chi connectivity index (χ1) is 13.5. The fraction of sp³-hybridized carbons (Fsp3) is 0.200. The number of carbonyl (C=O) groups is 2. The second-order valence-corrected chi connectivity index (χ2v) is 6.43. The molecule has 0 radical (unpaired) electrons. The Balaban J connectivity index is 1.63. The first kappa shape index (κ1) is 19.6. The maximum absolute atomic E-state index is 12.2. The van der Waals surface area contributed by atoms with Crippen LogP contribution in [0.4, 0.5) is 0 Å². The Labute approximate surface area is 161 Å². The summed E-state index contributed by atoms with van der Waals surface area (Å²) in [5.41, 5.74) is 8.31. The smallest absolute Gasteiger partial charge is 0.344 e. The summed E-state index contributed by atoms with van der Waals surface area (Å²) < 4.78 is 0. The number of hydrogen-bond donors (Lipinski definition) is 4. The summed E-state index contributed by atoms with van der Waals surface area (Å²) in [5, 5.41) is 20.4. The molecule has 28 heavy (non-hydrogen) atoms. The fourth-order valence-corrected chi connectivity index (χ4v) is 2.94. The highest BCUT2D eigenvalue weighted by Crippen LogP contribution is 2.19. The zero-order chi connectivity index (χ0) is 20.1. The standard InChI is InChI=1S/C20H21N3O5/c21-16(11-14-12-22-17-9-5-4-8-15(14)17)20(26)28-23(27)18(19(24)25)10-13-6-2-1-3-7-13/h1-9,12,16,18,22,27H,10-11,21H2,(H,24,25)/t16-,18-/m0/s1. The molecule has 0 saturated carbocycles. The van der Waals surface area contributed by atoms with E-state index in [9.17, 15) is 19.9 Å². The fourth-order valence-electron chi connectivity index (χ4n) is 2.94. The van der Waals surface area contributed by atoms with Gasteiger partial charge in [-0.05, 0) is 22.4 Å². The Morgan fingerprint density at radius 2 is 1.75 bits per heavy atom. The van der Waals surface area contributed by atoms with Crippen LogP contribution in [0.5, 0.6) is 0 Å². The second-order valence-electron chi connectivity index (χ2n) is 6.43. The van der Waals surface area contributed by atoms with Crippen molar-refractivity contribution in [3.63, 3.8) is 0 Å². The number of hydroxylamine groups is 2. The molecule has 2 aromatic carbocycles. The highest BCUT2D eigenvalue weighted by atomic mass is 16.9. The van der Waals surface area contributed by atoms with Crippen LogP contribution in [0.3, 0.4) is 0 Å². The number of H-pyrrole nitrogens is 1. The molecule has 0 saturated heterocycles. The highest BCUT2D eigenvalue weighted by Gasteiger charge is 2.30. The van der Waals surface area contributed by atoms with E-state index in [1.165, 1.54) is 0 Å². The quantitative estimate of drug-likeness (QED) is 0.437. The molecule has 0 fully saturated rings. The third-order valence-electron chi connectivity index (χ3n) is 4.42. The van der Waals surface area contributed by atoms with Crippen molar-refractivity contribution in [1.82, 2.24) is 10.2 Å². The third kappa shape index (κ3) is 4.55. The van der Waals surface area contributed by atoms with E-state index in [1.54, 1.807) is 36.5 Å². The van der Waals surface area contributed by atoms with Gasteiger partial charge in [-0.3, -0.25) is 10.0 Å². The van der Waals surface area contributed by atoms with Crippen LogP contribution in [0, 0.1) is 0 Å². The zero-order valence-corrected chi connectivity index (χ0v) is 15.0. The molecule has 1 aromatic heterocycles. The van der Waals surface area contributed by atoms with E-state index in [0.717, 1.165) is 16.5 Å². The van der Waals surface area contributed by atoms with E-state index in [1.807, 2.05) is 24.3 Å². The van der Waals surface area contributed by atoms with E-state index in [0.29, 0.717) is 5.56 Å². The molecule has 0 aliphatic rings. The van der Waals surface area contributed by atoms with Crippen molar-refractivity contribution in [3.8, 4) is 0 Å². The van der Waals surface area contributed by atoms with Gasteiger partial charge in [-0.2, -0.15) is 0 Å². The largest absolute Gasteiger partial charge is 0.480 e. The Bertz CT molecular complexity index is 957. The lowest BCUT2D eigenvalue weighted by molar-refractivity contribution is -0.335. The molecule has 0 unspecified atom stereocenters. The molecule has 0 aliphatic carbocycles. The highest BCUT2D eigenvalue weighted by molar-refractivity contribution is 5.84.